The maximum atomic E-state index is 13.6. The summed E-state index contributed by atoms with van der Waals surface area (Å²) in [6.45, 7) is 1.89. The molecule has 2 N–H and O–H groups in total. The molecule has 0 saturated heterocycles. The van der Waals surface area contributed by atoms with Crippen molar-refractivity contribution in [3.63, 3.8) is 0 Å². The number of hydrogen-bond donors (Lipinski definition) is 1. The molecule has 0 unspecified atom stereocenters. The molecule has 0 aliphatic carbocycles. The fourth-order valence-corrected chi connectivity index (χ4v) is 4.90. The highest BCUT2D eigenvalue weighted by atomic mass is 32.2. The Morgan fingerprint density at radius 3 is 2.38 bits per heavy atom. The molecule has 158 valence electrons. The van der Waals surface area contributed by atoms with Crippen molar-refractivity contribution in [3.8, 4) is 0 Å². The predicted molar refractivity (Wildman–Crippen MR) is 123 cm³/mol. The second-order valence-electron chi connectivity index (χ2n) is 7.26. The third-order valence-corrected chi connectivity index (χ3v) is 6.87. The van der Waals surface area contributed by atoms with Crippen molar-refractivity contribution in [1.29, 1.82) is 0 Å². The first-order chi connectivity index (χ1) is 15.4. The van der Waals surface area contributed by atoms with E-state index < -0.39 is 9.84 Å². The highest BCUT2D eigenvalue weighted by Gasteiger charge is 2.30. The number of aromatic nitrogens is 4. The van der Waals surface area contributed by atoms with Gasteiger partial charge in [-0.2, -0.15) is 9.78 Å². The van der Waals surface area contributed by atoms with Crippen LogP contribution in [0.15, 0.2) is 87.9 Å². The zero-order valence-corrected chi connectivity index (χ0v) is 17.9. The molecule has 0 saturated carbocycles. The second-order valence-corrected chi connectivity index (χ2v) is 9.14. The molecule has 0 aliphatic rings. The molecule has 2 aromatic carbocycles. The lowest BCUT2D eigenvalue weighted by molar-refractivity contribution is 0.597. The number of pyridine rings is 1. The van der Waals surface area contributed by atoms with Crippen molar-refractivity contribution in [1.82, 2.24) is 19.6 Å². The van der Waals surface area contributed by atoms with Gasteiger partial charge in [0.05, 0.1) is 22.1 Å². The van der Waals surface area contributed by atoms with Crippen molar-refractivity contribution < 1.29 is 8.42 Å². The summed E-state index contributed by atoms with van der Waals surface area (Å²) in [6, 6.07) is 17.4. The Morgan fingerprint density at radius 2 is 1.69 bits per heavy atom. The Bertz CT molecular complexity index is 1590. The minimum Gasteiger partial charge on any atom is -0.382 e. The molecule has 0 bridgehead atoms. The Labute approximate surface area is 184 Å². The lowest BCUT2D eigenvalue weighted by Gasteiger charge is -2.05. The topological polar surface area (TPSA) is 116 Å². The van der Waals surface area contributed by atoms with E-state index in [0.717, 1.165) is 11.1 Å². The zero-order valence-electron chi connectivity index (χ0n) is 17.0. The molecule has 5 aromatic rings. The van der Waals surface area contributed by atoms with Gasteiger partial charge in [0.2, 0.25) is 9.84 Å². The van der Waals surface area contributed by atoms with Crippen LogP contribution in [0.25, 0.3) is 22.2 Å². The van der Waals surface area contributed by atoms with Crippen LogP contribution in [-0.2, 0) is 9.84 Å². The van der Waals surface area contributed by atoms with Crippen LogP contribution in [0.4, 0.5) is 5.82 Å². The van der Waals surface area contributed by atoms with Gasteiger partial charge in [0.15, 0.2) is 5.65 Å². The Kier molecular flexibility index (Phi) is 4.67. The SMILES string of the molecule is Cc1ccc(S(=O)(=O)c2c(N)n(N=Cc3cccnc3)c3nc4ccccc4nc23)cc1. The van der Waals surface area contributed by atoms with Gasteiger partial charge in [0.1, 0.15) is 16.2 Å². The molecule has 8 nitrogen and oxygen atoms in total. The molecule has 0 fully saturated rings. The summed E-state index contributed by atoms with van der Waals surface area (Å²) < 4.78 is 28.5. The maximum Gasteiger partial charge on any atom is 0.212 e. The first kappa shape index (κ1) is 19.8. The van der Waals surface area contributed by atoms with E-state index in [9.17, 15) is 8.42 Å². The second kappa shape index (κ2) is 7.54. The molecule has 0 spiro atoms. The highest BCUT2D eigenvalue weighted by molar-refractivity contribution is 7.92. The van der Waals surface area contributed by atoms with E-state index in [1.807, 2.05) is 25.1 Å². The number of nitrogen functional groups attached to an aromatic ring is 1. The Balaban J connectivity index is 1.81. The Morgan fingerprint density at radius 1 is 0.969 bits per heavy atom. The number of para-hydroxylation sites is 2. The first-order valence-electron chi connectivity index (χ1n) is 9.78. The van der Waals surface area contributed by atoms with Gasteiger partial charge in [-0.1, -0.05) is 35.9 Å². The standard InChI is InChI=1S/C23H18N6O2S/c1-15-8-10-17(11-9-15)32(30,31)21-20-23(28-19-7-3-2-6-18(19)27-20)29(22(21)24)26-14-16-5-4-12-25-13-16/h2-14H,24H2,1H3. The maximum absolute atomic E-state index is 13.6. The molecule has 3 aromatic heterocycles. The molecule has 0 amide bonds. The molecule has 9 heteroatoms. The van der Waals surface area contributed by atoms with Crippen LogP contribution in [-0.4, -0.2) is 34.3 Å². The average Bonchev–Trinajstić information content (AvgIpc) is 3.07. The summed E-state index contributed by atoms with van der Waals surface area (Å²) in [5, 5.41) is 4.41. The molecule has 0 atom stereocenters. The summed E-state index contributed by atoms with van der Waals surface area (Å²) in [5.41, 5.74) is 9.65. The fourth-order valence-electron chi connectivity index (χ4n) is 3.42. The van der Waals surface area contributed by atoms with Gasteiger partial charge in [-0.05, 0) is 37.3 Å². The molecule has 32 heavy (non-hydrogen) atoms. The van der Waals surface area contributed by atoms with Crippen LogP contribution in [0.3, 0.4) is 0 Å². The first-order valence-corrected chi connectivity index (χ1v) is 11.3. The van der Waals surface area contributed by atoms with Crippen molar-refractivity contribution in [2.75, 3.05) is 5.73 Å². The minimum absolute atomic E-state index is 0.0592. The number of rotatable bonds is 4. The van der Waals surface area contributed by atoms with E-state index in [1.54, 1.807) is 61.1 Å². The number of sulfone groups is 1. The Hall–Kier alpha value is -4.11. The third-order valence-electron chi connectivity index (χ3n) is 5.04. The van der Waals surface area contributed by atoms with Gasteiger partial charge in [0, 0.05) is 18.0 Å². The predicted octanol–water partition coefficient (Wildman–Crippen LogP) is 3.59. The quantitative estimate of drug-likeness (QED) is 0.425. The highest BCUT2D eigenvalue weighted by Crippen LogP contribution is 2.35. The molecular weight excluding hydrogens is 424 g/mol. The number of nitrogens with zero attached hydrogens (tertiary/aromatic N) is 5. The van der Waals surface area contributed by atoms with E-state index in [0.29, 0.717) is 11.0 Å². The van der Waals surface area contributed by atoms with Gasteiger partial charge in [-0.25, -0.2) is 18.4 Å². The molecule has 3 heterocycles. The zero-order chi connectivity index (χ0) is 22.3. The van der Waals surface area contributed by atoms with E-state index in [2.05, 4.69) is 20.1 Å². The van der Waals surface area contributed by atoms with Gasteiger partial charge in [-0.15, -0.1) is 0 Å². The number of anilines is 1. The van der Waals surface area contributed by atoms with Crippen LogP contribution in [0.1, 0.15) is 11.1 Å². The van der Waals surface area contributed by atoms with E-state index in [-0.39, 0.29) is 26.8 Å². The van der Waals surface area contributed by atoms with Crippen molar-refractivity contribution in [2.45, 2.75) is 16.7 Å². The third kappa shape index (κ3) is 3.28. The molecule has 0 aliphatic heterocycles. The van der Waals surface area contributed by atoms with E-state index in [1.165, 1.54) is 4.68 Å². The fraction of sp³-hybridized carbons (Fsp3) is 0.0435. The smallest absolute Gasteiger partial charge is 0.212 e. The minimum atomic E-state index is -3.98. The summed E-state index contributed by atoms with van der Waals surface area (Å²) in [4.78, 5) is 13.3. The van der Waals surface area contributed by atoms with Gasteiger partial charge >= 0.3 is 0 Å². The van der Waals surface area contributed by atoms with Crippen LogP contribution < -0.4 is 5.73 Å². The number of nitrogens with two attached hydrogens (primary N) is 1. The van der Waals surface area contributed by atoms with Crippen molar-refractivity contribution >= 4 is 44.1 Å². The van der Waals surface area contributed by atoms with Crippen LogP contribution in [0.2, 0.25) is 0 Å². The van der Waals surface area contributed by atoms with Crippen molar-refractivity contribution in [2.24, 2.45) is 5.10 Å². The number of fused-ring (bicyclic) bond motifs is 2. The van der Waals surface area contributed by atoms with Crippen LogP contribution in [0.5, 0.6) is 0 Å². The lowest BCUT2D eigenvalue weighted by Crippen LogP contribution is -2.06. The lowest BCUT2D eigenvalue weighted by atomic mass is 10.2. The van der Waals surface area contributed by atoms with E-state index in [4.69, 9.17) is 5.73 Å². The van der Waals surface area contributed by atoms with Gasteiger partial charge < -0.3 is 5.73 Å². The summed E-state index contributed by atoms with van der Waals surface area (Å²) in [5.74, 6) is -0.0592. The summed E-state index contributed by atoms with van der Waals surface area (Å²) >= 11 is 0. The summed E-state index contributed by atoms with van der Waals surface area (Å²) in [7, 11) is -3.98. The van der Waals surface area contributed by atoms with E-state index >= 15 is 0 Å². The number of benzene rings is 2. The summed E-state index contributed by atoms with van der Waals surface area (Å²) in [6.07, 6.45) is 4.83. The van der Waals surface area contributed by atoms with Crippen LogP contribution in [0, 0.1) is 6.92 Å². The average molecular weight is 443 g/mol. The van der Waals surface area contributed by atoms with Gasteiger partial charge in [0.25, 0.3) is 0 Å². The molecule has 5 rings (SSSR count). The monoisotopic (exact) mass is 442 g/mol. The number of hydrogen-bond acceptors (Lipinski definition) is 7. The van der Waals surface area contributed by atoms with Gasteiger partial charge in [-0.3, -0.25) is 4.98 Å². The normalized spacial score (nSPS) is 12.2. The van der Waals surface area contributed by atoms with Crippen molar-refractivity contribution in [3.05, 3.63) is 84.2 Å². The molecule has 0 radical (unpaired) electrons. The largest absolute Gasteiger partial charge is 0.382 e. The van der Waals surface area contributed by atoms with Crippen LogP contribution >= 0.6 is 0 Å². The number of aryl methyl sites for hydroxylation is 1. The molecular formula is C23H18N6O2S.